The number of ether oxygens (including phenoxy) is 2. The third kappa shape index (κ3) is 5.58. The zero-order valence-electron chi connectivity index (χ0n) is 11.1. The molecule has 1 unspecified atom stereocenters. The van der Waals surface area contributed by atoms with Crippen molar-refractivity contribution in [1.82, 2.24) is 5.32 Å². The number of rotatable bonds is 9. The van der Waals surface area contributed by atoms with Crippen LogP contribution < -0.4 is 5.32 Å². The first-order valence-electron chi connectivity index (χ1n) is 6.34. The maximum absolute atomic E-state index is 12.9. The van der Waals surface area contributed by atoms with Crippen molar-refractivity contribution in [3.63, 3.8) is 0 Å². The molecule has 0 bridgehead atoms. The van der Waals surface area contributed by atoms with Gasteiger partial charge in [-0.05, 0) is 30.7 Å². The third-order valence-corrected chi connectivity index (χ3v) is 2.60. The Morgan fingerprint density at radius 1 is 1.22 bits per heavy atom. The summed E-state index contributed by atoms with van der Waals surface area (Å²) in [6, 6.07) is 6.45. The van der Waals surface area contributed by atoms with E-state index in [1.165, 1.54) is 12.1 Å². The molecule has 0 fully saturated rings. The van der Waals surface area contributed by atoms with Crippen LogP contribution in [0.3, 0.4) is 0 Å². The fourth-order valence-electron chi connectivity index (χ4n) is 1.63. The highest BCUT2D eigenvalue weighted by Gasteiger charge is 2.11. The van der Waals surface area contributed by atoms with Gasteiger partial charge in [-0.3, -0.25) is 0 Å². The van der Waals surface area contributed by atoms with E-state index in [0.29, 0.717) is 13.2 Å². The molecule has 0 radical (unpaired) electrons. The van der Waals surface area contributed by atoms with Gasteiger partial charge in [0.05, 0.1) is 19.3 Å². The van der Waals surface area contributed by atoms with Crippen molar-refractivity contribution in [3.8, 4) is 0 Å². The molecule has 0 aliphatic heterocycles. The van der Waals surface area contributed by atoms with Crippen molar-refractivity contribution >= 4 is 0 Å². The Bertz CT molecular complexity index is 306. The van der Waals surface area contributed by atoms with E-state index in [0.717, 1.165) is 25.1 Å². The number of hydrogen-bond donors (Lipinski definition) is 1. The maximum Gasteiger partial charge on any atom is 0.123 e. The molecule has 1 aromatic rings. The predicted octanol–water partition coefficient (Wildman–Crippen LogP) is 2.53. The molecule has 0 aliphatic carbocycles. The molecular formula is C14H22FNO2. The Balaban J connectivity index is 2.54. The van der Waals surface area contributed by atoms with Crippen molar-refractivity contribution in [2.75, 3.05) is 33.4 Å². The van der Waals surface area contributed by atoms with Crippen LogP contribution in [0.5, 0.6) is 0 Å². The first kappa shape index (κ1) is 15.1. The van der Waals surface area contributed by atoms with Crippen LogP contribution in [0.1, 0.15) is 25.0 Å². The van der Waals surface area contributed by atoms with Crippen molar-refractivity contribution < 1.29 is 13.9 Å². The Labute approximate surface area is 108 Å². The molecule has 0 aliphatic rings. The normalized spacial score (nSPS) is 12.6. The topological polar surface area (TPSA) is 30.5 Å². The van der Waals surface area contributed by atoms with Crippen LogP contribution in [-0.4, -0.2) is 33.4 Å². The van der Waals surface area contributed by atoms with Gasteiger partial charge in [-0.1, -0.05) is 19.1 Å². The highest BCUT2D eigenvalue weighted by Crippen LogP contribution is 2.17. The summed E-state index contributed by atoms with van der Waals surface area (Å²) in [5.74, 6) is -0.226. The minimum Gasteiger partial charge on any atom is -0.382 e. The van der Waals surface area contributed by atoms with E-state index in [9.17, 15) is 4.39 Å². The Morgan fingerprint density at radius 3 is 2.56 bits per heavy atom. The summed E-state index contributed by atoms with van der Waals surface area (Å²) in [6.07, 6.45) is 1.01. The lowest BCUT2D eigenvalue weighted by Crippen LogP contribution is -2.25. The summed E-state index contributed by atoms with van der Waals surface area (Å²) < 4.78 is 23.6. The Kier molecular flexibility index (Phi) is 7.57. The fraction of sp³-hybridized carbons (Fsp3) is 0.571. The molecule has 0 aromatic heterocycles. The van der Waals surface area contributed by atoms with E-state index in [-0.39, 0.29) is 11.9 Å². The van der Waals surface area contributed by atoms with E-state index in [4.69, 9.17) is 9.47 Å². The number of nitrogens with one attached hydrogen (secondary N) is 1. The maximum atomic E-state index is 12.9. The molecule has 1 aromatic carbocycles. The van der Waals surface area contributed by atoms with Crippen molar-refractivity contribution in [2.24, 2.45) is 0 Å². The second kappa shape index (κ2) is 9.03. The third-order valence-electron chi connectivity index (χ3n) is 2.60. The Morgan fingerprint density at radius 2 is 1.94 bits per heavy atom. The summed E-state index contributed by atoms with van der Waals surface area (Å²) in [5, 5.41) is 3.32. The van der Waals surface area contributed by atoms with Gasteiger partial charge in [-0.2, -0.15) is 0 Å². The fourth-order valence-corrected chi connectivity index (χ4v) is 1.63. The molecular weight excluding hydrogens is 233 g/mol. The van der Waals surface area contributed by atoms with Gasteiger partial charge in [0, 0.05) is 13.7 Å². The van der Waals surface area contributed by atoms with Crippen LogP contribution in [0.15, 0.2) is 24.3 Å². The average Bonchev–Trinajstić information content (AvgIpc) is 2.38. The molecule has 1 N–H and O–H groups in total. The number of hydrogen-bond acceptors (Lipinski definition) is 3. The number of benzene rings is 1. The van der Waals surface area contributed by atoms with E-state index in [1.54, 1.807) is 19.2 Å². The molecule has 3 nitrogen and oxygen atoms in total. The lowest BCUT2D eigenvalue weighted by molar-refractivity contribution is 0.0167. The average molecular weight is 255 g/mol. The molecule has 0 spiro atoms. The monoisotopic (exact) mass is 255 g/mol. The summed E-state index contributed by atoms with van der Waals surface area (Å²) in [6.45, 7) is 4.89. The molecule has 102 valence electrons. The van der Waals surface area contributed by atoms with Gasteiger partial charge < -0.3 is 14.8 Å². The quantitative estimate of drug-likeness (QED) is 0.688. The smallest absolute Gasteiger partial charge is 0.123 e. The second-order valence-corrected chi connectivity index (χ2v) is 4.11. The first-order chi connectivity index (χ1) is 8.77. The van der Waals surface area contributed by atoms with Gasteiger partial charge in [-0.15, -0.1) is 0 Å². The van der Waals surface area contributed by atoms with E-state index in [1.807, 2.05) is 0 Å². The summed E-state index contributed by atoms with van der Waals surface area (Å²) in [7, 11) is 1.64. The summed E-state index contributed by atoms with van der Waals surface area (Å²) in [5.41, 5.74) is 0.983. The standard InChI is InChI=1S/C14H22FNO2/c1-3-8-16-11-14(18-10-9-17-2)12-4-6-13(15)7-5-12/h4-7,14,16H,3,8-11H2,1-2H3. The van der Waals surface area contributed by atoms with Gasteiger partial charge in [-0.25, -0.2) is 4.39 Å². The minimum atomic E-state index is -0.226. The van der Waals surface area contributed by atoms with Gasteiger partial charge in [0.15, 0.2) is 0 Å². The zero-order chi connectivity index (χ0) is 13.2. The van der Waals surface area contributed by atoms with Gasteiger partial charge in [0.1, 0.15) is 5.82 Å². The van der Waals surface area contributed by atoms with Gasteiger partial charge in [0.25, 0.3) is 0 Å². The van der Waals surface area contributed by atoms with Gasteiger partial charge in [0.2, 0.25) is 0 Å². The van der Waals surface area contributed by atoms with Crippen molar-refractivity contribution in [1.29, 1.82) is 0 Å². The SMILES string of the molecule is CCCNCC(OCCOC)c1ccc(F)cc1. The zero-order valence-corrected chi connectivity index (χ0v) is 11.1. The predicted molar refractivity (Wildman–Crippen MR) is 70.1 cm³/mol. The molecule has 0 saturated carbocycles. The minimum absolute atomic E-state index is 0.0627. The van der Waals surface area contributed by atoms with Crippen LogP contribution in [0.2, 0.25) is 0 Å². The Hall–Kier alpha value is -0.970. The van der Waals surface area contributed by atoms with Gasteiger partial charge >= 0.3 is 0 Å². The van der Waals surface area contributed by atoms with Crippen molar-refractivity contribution in [2.45, 2.75) is 19.4 Å². The number of halogens is 1. The van der Waals surface area contributed by atoms with E-state index in [2.05, 4.69) is 12.2 Å². The van der Waals surface area contributed by atoms with Crippen LogP contribution >= 0.6 is 0 Å². The highest BCUT2D eigenvalue weighted by molar-refractivity contribution is 5.19. The lowest BCUT2D eigenvalue weighted by atomic mass is 10.1. The summed E-state index contributed by atoms with van der Waals surface area (Å²) in [4.78, 5) is 0. The van der Waals surface area contributed by atoms with Crippen LogP contribution in [0.4, 0.5) is 4.39 Å². The van der Waals surface area contributed by atoms with E-state index < -0.39 is 0 Å². The molecule has 1 rings (SSSR count). The molecule has 0 amide bonds. The molecule has 0 heterocycles. The largest absolute Gasteiger partial charge is 0.382 e. The molecule has 18 heavy (non-hydrogen) atoms. The first-order valence-corrected chi connectivity index (χ1v) is 6.34. The highest BCUT2D eigenvalue weighted by atomic mass is 19.1. The number of methoxy groups -OCH3 is 1. The van der Waals surface area contributed by atoms with Crippen molar-refractivity contribution in [3.05, 3.63) is 35.6 Å². The second-order valence-electron chi connectivity index (χ2n) is 4.11. The van der Waals surface area contributed by atoms with Crippen LogP contribution in [0.25, 0.3) is 0 Å². The lowest BCUT2D eigenvalue weighted by Gasteiger charge is -2.19. The van der Waals surface area contributed by atoms with E-state index >= 15 is 0 Å². The molecule has 1 atom stereocenters. The molecule has 4 heteroatoms. The molecule has 0 saturated heterocycles. The summed E-state index contributed by atoms with van der Waals surface area (Å²) >= 11 is 0. The van der Waals surface area contributed by atoms with Crippen LogP contribution in [0, 0.1) is 5.82 Å². The van der Waals surface area contributed by atoms with Crippen LogP contribution in [-0.2, 0) is 9.47 Å².